The largest absolute Gasteiger partial charge is 0.490 e. The van der Waals surface area contributed by atoms with E-state index >= 15 is 0 Å². The van der Waals surface area contributed by atoms with Gasteiger partial charge in [0.25, 0.3) is 0 Å². The monoisotopic (exact) mass is 258 g/mol. The summed E-state index contributed by atoms with van der Waals surface area (Å²) in [7, 11) is 1.34. The standard InChI is InChI=1S/C12H15ClO4/c1-15-12(14)10-4-2-3-5-11(10)17-9-8-16-7-6-13/h2-5H,6-9H2,1H3. The number of carbonyl (C=O) groups excluding carboxylic acids is 1. The maximum Gasteiger partial charge on any atom is 0.341 e. The van der Waals surface area contributed by atoms with Crippen LogP contribution in [0.4, 0.5) is 0 Å². The van der Waals surface area contributed by atoms with E-state index in [-0.39, 0.29) is 0 Å². The smallest absolute Gasteiger partial charge is 0.341 e. The Morgan fingerprint density at radius 1 is 1.24 bits per heavy atom. The van der Waals surface area contributed by atoms with Crippen LogP contribution in [0.2, 0.25) is 0 Å². The fourth-order valence-corrected chi connectivity index (χ4v) is 1.35. The predicted octanol–water partition coefficient (Wildman–Crippen LogP) is 2.11. The second-order valence-electron chi connectivity index (χ2n) is 3.14. The number of rotatable bonds is 7. The highest BCUT2D eigenvalue weighted by Gasteiger charge is 2.11. The zero-order valence-corrected chi connectivity index (χ0v) is 10.4. The molecule has 0 N–H and O–H groups in total. The van der Waals surface area contributed by atoms with E-state index in [9.17, 15) is 4.79 Å². The predicted molar refractivity (Wildman–Crippen MR) is 64.8 cm³/mol. The van der Waals surface area contributed by atoms with E-state index in [4.69, 9.17) is 21.1 Å². The normalized spacial score (nSPS) is 10.0. The molecule has 0 aliphatic rings. The summed E-state index contributed by atoms with van der Waals surface area (Å²) in [6.07, 6.45) is 0. The molecule has 94 valence electrons. The fourth-order valence-electron chi connectivity index (χ4n) is 1.24. The van der Waals surface area contributed by atoms with E-state index in [1.807, 2.05) is 0 Å². The van der Waals surface area contributed by atoms with Crippen LogP contribution in [0.3, 0.4) is 0 Å². The first kappa shape index (κ1) is 13.8. The molecule has 0 atom stereocenters. The number of ether oxygens (including phenoxy) is 3. The highest BCUT2D eigenvalue weighted by atomic mass is 35.5. The number of alkyl halides is 1. The van der Waals surface area contributed by atoms with E-state index in [1.165, 1.54) is 7.11 Å². The van der Waals surface area contributed by atoms with Gasteiger partial charge >= 0.3 is 5.97 Å². The Bertz CT molecular complexity index is 354. The van der Waals surface area contributed by atoms with E-state index < -0.39 is 5.97 Å². The lowest BCUT2D eigenvalue weighted by Crippen LogP contribution is -2.11. The molecule has 0 aromatic heterocycles. The minimum atomic E-state index is -0.415. The Balaban J connectivity index is 2.49. The lowest BCUT2D eigenvalue weighted by Gasteiger charge is -2.09. The topological polar surface area (TPSA) is 44.8 Å². The van der Waals surface area contributed by atoms with E-state index in [0.717, 1.165) is 0 Å². The molecule has 0 aliphatic carbocycles. The molecule has 4 nitrogen and oxygen atoms in total. The molecule has 17 heavy (non-hydrogen) atoms. The van der Waals surface area contributed by atoms with Crippen molar-refractivity contribution >= 4 is 17.6 Å². The van der Waals surface area contributed by atoms with Crippen LogP contribution in [0.25, 0.3) is 0 Å². The average molecular weight is 259 g/mol. The molecule has 0 aliphatic heterocycles. The van der Waals surface area contributed by atoms with Crippen LogP contribution >= 0.6 is 11.6 Å². The van der Waals surface area contributed by atoms with Crippen LogP contribution in [-0.2, 0) is 9.47 Å². The maximum atomic E-state index is 11.4. The fraction of sp³-hybridized carbons (Fsp3) is 0.417. The third-order valence-electron chi connectivity index (χ3n) is 2.00. The van der Waals surface area contributed by atoms with E-state index in [0.29, 0.717) is 37.0 Å². The van der Waals surface area contributed by atoms with Crippen molar-refractivity contribution in [1.29, 1.82) is 0 Å². The van der Waals surface area contributed by atoms with E-state index in [1.54, 1.807) is 24.3 Å². The molecule has 1 aromatic rings. The molecular weight excluding hydrogens is 244 g/mol. The summed E-state index contributed by atoms with van der Waals surface area (Å²) in [4.78, 5) is 11.4. The lowest BCUT2D eigenvalue weighted by atomic mass is 10.2. The summed E-state index contributed by atoms with van der Waals surface area (Å²) in [6, 6.07) is 6.92. The van der Waals surface area contributed by atoms with Gasteiger partial charge in [-0.2, -0.15) is 0 Å². The van der Waals surface area contributed by atoms with Crippen molar-refractivity contribution in [2.24, 2.45) is 0 Å². The molecule has 1 rings (SSSR count). The lowest BCUT2D eigenvalue weighted by molar-refractivity contribution is 0.0592. The summed E-state index contributed by atoms with van der Waals surface area (Å²) >= 11 is 5.46. The molecule has 0 saturated heterocycles. The van der Waals surface area contributed by atoms with Gasteiger partial charge in [0.15, 0.2) is 0 Å². The van der Waals surface area contributed by atoms with Crippen molar-refractivity contribution in [1.82, 2.24) is 0 Å². The zero-order valence-electron chi connectivity index (χ0n) is 9.65. The Morgan fingerprint density at radius 2 is 2.00 bits per heavy atom. The molecular formula is C12H15ClO4. The van der Waals surface area contributed by atoms with Crippen molar-refractivity contribution in [2.75, 3.05) is 32.8 Å². The average Bonchev–Trinajstić information content (AvgIpc) is 2.38. The van der Waals surface area contributed by atoms with Gasteiger partial charge in [-0.05, 0) is 12.1 Å². The van der Waals surface area contributed by atoms with Crippen LogP contribution < -0.4 is 4.74 Å². The molecule has 0 bridgehead atoms. The van der Waals surface area contributed by atoms with Crippen LogP contribution in [0.5, 0.6) is 5.75 Å². The SMILES string of the molecule is COC(=O)c1ccccc1OCCOCCCl. The van der Waals surface area contributed by atoms with Crippen molar-refractivity contribution in [3.8, 4) is 5.75 Å². The first-order chi connectivity index (χ1) is 8.29. The van der Waals surface area contributed by atoms with Gasteiger partial charge in [-0.15, -0.1) is 11.6 Å². The minimum absolute atomic E-state index is 0.366. The van der Waals surface area contributed by atoms with Gasteiger partial charge in [-0.3, -0.25) is 0 Å². The number of esters is 1. The van der Waals surface area contributed by atoms with Gasteiger partial charge in [0.2, 0.25) is 0 Å². The number of para-hydroxylation sites is 1. The minimum Gasteiger partial charge on any atom is -0.490 e. The highest BCUT2D eigenvalue weighted by Crippen LogP contribution is 2.18. The molecule has 1 aromatic carbocycles. The van der Waals surface area contributed by atoms with E-state index in [2.05, 4.69) is 4.74 Å². The van der Waals surface area contributed by atoms with Crippen molar-refractivity contribution in [3.05, 3.63) is 29.8 Å². The third kappa shape index (κ3) is 4.63. The summed E-state index contributed by atoms with van der Waals surface area (Å²) in [5, 5.41) is 0. The molecule has 5 heteroatoms. The van der Waals surface area contributed by atoms with Crippen LogP contribution in [0, 0.1) is 0 Å². The van der Waals surface area contributed by atoms with Gasteiger partial charge in [0.05, 0.1) is 20.3 Å². The van der Waals surface area contributed by atoms with Gasteiger partial charge in [-0.25, -0.2) is 4.79 Å². The van der Waals surface area contributed by atoms with Crippen molar-refractivity contribution < 1.29 is 19.0 Å². The van der Waals surface area contributed by atoms with Gasteiger partial charge in [0.1, 0.15) is 17.9 Å². The number of benzene rings is 1. The molecule has 0 spiro atoms. The Kier molecular flexibility index (Phi) is 6.43. The number of halogens is 1. The molecule has 0 fully saturated rings. The molecule has 0 amide bonds. The summed E-state index contributed by atoms with van der Waals surface area (Å²) in [6.45, 7) is 1.29. The summed E-state index contributed by atoms with van der Waals surface area (Å²) in [5.41, 5.74) is 0.410. The Labute approximate surface area is 105 Å². The quantitative estimate of drug-likeness (QED) is 0.427. The van der Waals surface area contributed by atoms with Crippen LogP contribution in [-0.4, -0.2) is 38.8 Å². The van der Waals surface area contributed by atoms with Gasteiger partial charge in [0, 0.05) is 5.88 Å². The summed E-state index contributed by atoms with van der Waals surface area (Å²) in [5.74, 6) is 0.537. The molecule has 0 heterocycles. The third-order valence-corrected chi connectivity index (χ3v) is 2.15. The summed E-state index contributed by atoms with van der Waals surface area (Å²) < 4.78 is 15.3. The van der Waals surface area contributed by atoms with Gasteiger partial charge in [-0.1, -0.05) is 12.1 Å². The molecule has 0 saturated carbocycles. The second-order valence-corrected chi connectivity index (χ2v) is 3.52. The number of hydrogen-bond donors (Lipinski definition) is 0. The Hall–Kier alpha value is -1.26. The highest BCUT2D eigenvalue weighted by molar-refractivity contribution is 6.17. The van der Waals surface area contributed by atoms with Gasteiger partial charge < -0.3 is 14.2 Å². The van der Waals surface area contributed by atoms with Crippen molar-refractivity contribution in [3.63, 3.8) is 0 Å². The second kappa shape index (κ2) is 7.92. The number of carbonyl (C=O) groups is 1. The molecule has 0 unspecified atom stereocenters. The maximum absolute atomic E-state index is 11.4. The van der Waals surface area contributed by atoms with Crippen LogP contribution in [0.1, 0.15) is 10.4 Å². The Morgan fingerprint density at radius 3 is 2.71 bits per heavy atom. The number of methoxy groups -OCH3 is 1. The molecule has 0 radical (unpaired) electrons. The number of hydrogen-bond acceptors (Lipinski definition) is 4. The van der Waals surface area contributed by atoms with Crippen molar-refractivity contribution in [2.45, 2.75) is 0 Å². The zero-order chi connectivity index (χ0) is 12.5. The first-order valence-corrected chi connectivity index (χ1v) is 5.77. The first-order valence-electron chi connectivity index (χ1n) is 5.23. The van der Waals surface area contributed by atoms with Crippen LogP contribution in [0.15, 0.2) is 24.3 Å².